The third-order valence-electron chi connectivity index (χ3n) is 4.62. The van der Waals surface area contributed by atoms with Crippen molar-refractivity contribution in [3.8, 4) is 5.75 Å². The lowest BCUT2D eigenvalue weighted by atomic mass is 10.1. The third kappa shape index (κ3) is 9.28. The zero-order chi connectivity index (χ0) is 20.9. The number of hydrogen-bond donors (Lipinski definition) is 1. The van der Waals surface area contributed by atoms with E-state index in [0.29, 0.717) is 19.6 Å². The number of nitrogens with zero attached hydrogens (tertiary/aromatic N) is 2. The zero-order valence-electron chi connectivity index (χ0n) is 18.0. The fourth-order valence-corrected chi connectivity index (χ4v) is 2.96. The van der Waals surface area contributed by atoms with Crippen molar-refractivity contribution >= 4 is 11.6 Å². The van der Waals surface area contributed by atoms with Gasteiger partial charge in [-0.1, -0.05) is 30.6 Å². The van der Waals surface area contributed by atoms with Gasteiger partial charge < -0.3 is 19.6 Å². The van der Waals surface area contributed by atoms with E-state index in [1.165, 1.54) is 0 Å². The lowest BCUT2D eigenvalue weighted by molar-refractivity contribution is -0.133. The highest BCUT2D eigenvalue weighted by atomic mass is 16.6. The highest BCUT2D eigenvalue weighted by molar-refractivity contribution is 5.81. The molecule has 0 saturated carbocycles. The molecule has 0 spiro atoms. The predicted molar refractivity (Wildman–Crippen MR) is 114 cm³/mol. The van der Waals surface area contributed by atoms with Crippen LogP contribution in [0.5, 0.6) is 5.75 Å². The van der Waals surface area contributed by atoms with Crippen molar-refractivity contribution in [1.29, 1.82) is 0 Å². The molecule has 1 aliphatic rings. The quantitative estimate of drug-likeness (QED) is 0.428. The Hall–Kier alpha value is -2.12. The van der Waals surface area contributed by atoms with Crippen LogP contribution in [0.2, 0.25) is 0 Å². The van der Waals surface area contributed by atoms with Gasteiger partial charge in [0, 0.05) is 26.2 Å². The first-order valence-electron chi connectivity index (χ1n) is 10.5. The molecule has 1 fully saturated rings. The van der Waals surface area contributed by atoms with E-state index in [1.54, 1.807) is 0 Å². The van der Waals surface area contributed by atoms with Crippen molar-refractivity contribution in [2.45, 2.75) is 52.7 Å². The molecular formula is C22H35N3O4. The average molecular weight is 406 g/mol. The van der Waals surface area contributed by atoms with Crippen LogP contribution in [0.1, 0.15) is 45.6 Å². The molecule has 0 radical (unpaired) electrons. The van der Waals surface area contributed by atoms with Gasteiger partial charge in [0.1, 0.15) is 12.4 Å². The van der Waals surface area contributed by atoms with Gasteiger partial charge >= 0.3 is 0 Å². The van der Waals surface area contributed by atoms with Crippen molar-refractivity contribution in [3.05, 3.63) is 29.8 Å². The summed E-state index contributed by atoms with van der Waals surface area (Å²) in [5, 5.41) is 6.92. The standard InChI is InChI=1S/C22H35N3O4/c1-4-5-9-21(29-24-18(2)3)22(26)23-17-19-7-6-8-20(16-19)28-15-12-25-10-13-27-14-11-25/h6-8,16,21H,4-5,9-15,17H2,1-3H3,(H,23,26)/t21-/m0/s1. The minimum atomic E-state index is -0.558. The summed E-state index contributed by atoms with van der Waals surface area (Å²) in [6.45, 7) is 11.2. The average Bonchev–Trinajstić information content (AvgIpc) is 2.73. The van der Waals surface area contributed by atoms with Crippen LogP contribution in [0.3, 0.4) is 0 Å². The second-order valence-corrected chi connectivity index (χ2v) is 7.44. The van der Waals surface area contributed by atoms with E-state index in [-0.39, 0.29) is 5.91 Å². The van der Waals surface area contributed by atoms with Crippen molar-refractivity contribution in [1.82, 2.24) is 10.2 Å². The number of benzene rings is 1. The van der Waals surface area contributed by atoms with Gasteiger partial charge in [0.05, 0.1) is 18.9 Å². The van der Waals surface area contributed by atoms with Crippen LogP contribution in [0, 0.1) is 0 Å². The first-order chi connectivity index (χ1) is 14.1. The maximum absolute atomic E-state index is 12.5. The maximum atomic E-state index is 12.5. The van der Waals surface area contributed by atoms with Gasteiger partial charge in [-0.15, -0.1) is 0 Å². The molecule has 7 nitrogen and oxygen atoms in total. The number of unbranched alkanes of at least 4 members (excludes halogenated alkanes) is 1. The lowest BCUT2D eigenvalue weighted by Gasteiger charge is -2.26. The smallest absolute Gasteiger partial charge is 0.264 e. The molecule has 0 bridgehead atoms. The molecule has 29 heavy (non-hydrogen) atoms. The van der Waals surface area contributed by atoms with Crippen molar-refractivity contribution < 1.29 is 19.1 Å². The minimum Gasteiger partial charge on any atom is -0.492 e. The SMILES string of the molecule is CCCC[C@H](ON=C(C)C)C(=O)NCc1cccc(OCCN2CCOCC2)c1. The molecule has 1 atom stereocenters. The maximum Gasteiger partial charge on any atom is 0.264 e. The number of amides is 1. The number of carbonyl (C=O) groups is 1. The molecule has 162 valence electrons. The Morgan fingerprint density at radius 2 is 2.10 bits per heavy atom. The van der Waals surface area contributed by atoms with Gasteiger partial charge in [0.25, 0.3) is 5.91 Å². The van der Waals surface area contributed by atoms with Crippen LogP contribution in [-0.2, 0) is 20.9 Å². The molecule has 1 amide bonds. The van der Waals surface area contributed by atoms with Gasteiger partial charge in [0.2, 0.25) is 6.10 Å². The fourth-order valence-electron chi connectivity index (χ4n) is 2.96. The van der Waals surface area contributed by atoms with E-state index in [1.807, 2.05) is 38.1 Å². The van der Waals surface area contributed by atoms with Gasteiger partial charge in [-0.3, -0.25) is 9.69 Å². The van der Waals surface area contributed by atoms with E-state index in [0.717, 1.165) is 62.7 Å². The summed E-state index contributed by atoms with van der Waals surface area (Å²) in [6.07, 6.45) is 2.02. The molecule has 2 rings (SSSR count). The Balaban J connectivity index is 1.79. The van der Waals surface area contributed by atoms with Crippen LogP contribution in [-0.4, -0.2) is 62.1 Å². The summed E-state index contributed by atoms with van der Waals surface area (Å²) in [5.74, 6) is 0.678. The zero-order valence-corrected chi connectivity index (χ0v) is 18.0. The molecule has 1 aromatic carbocycles. The first kappa shape index (κ1) is 23.2. The Labute approximate surface area is 174 Å². The summed E-state index contributed by atoms with van der Waals surface area (Å²) in [5.41, 5.74) is 1.79. The number of oxime groups is 1. The largest absolute Gasteiger partial charge is 0.492 e. The molecule has 7 heteroatoms. The number of hydrogen-bond acceptors (Lipinski definition) is 6. The van der Waals surface area contributed by atoms with Gasteiger partial charge in [-0.25, -0.2) is 0 Å². The van der Waals surface area contributed by atoms with E-state index >= 15 is 0 Å². The van der Waals surface area contributed by atoms with Gasteiger partial charge in [-0.2, -0.15) is 0 Å². The van der Waals surface area contributed by atoms with Crippen LogP contribution in [0.15, 0.2) is 29.4 Å². The Morgan fingerprint density at radius 3 is 2.83 bits per heavy atom. The molecular weight excluding hydrogens is 370 g/mol. The first-order valence-corrected chi connectivity index (χ1v) is 10.5. The number of rotatable bonds is 12. The second-order valence-electron chi connectivity index (χ2n) is 7.44. The molecule has 0 unspecified atom stereocenters. The Morgan fingerprint density at radius 1 is 1.31 bits per heavy atom. The summed E-state index contributed by atoms with van der Waals surface area (Å²) in [7, 11) is 0. The van der Waals surface area contributed by atoms with E-state index in [4.69, 9.17) is 14.3 Å². The van der Waals surface area contributed by atoms with Crippen LogP contribution in [0.4, 0.5) is 0 Å². The molecule has 0 aliphatic carbocycles. The molecule has 1 aliphatic heterocycles. The highest BCUT2D eigenvalue weighted by Gasteiger charge is 2.19. The Bertz CT molecular complexity index is 641. The minimum absolute atomic E-state index is 0.137. The second kappa shape index (κ2) is 13.2. The third-order valence-corrected chi connectivity index (χ3v) is 4.62. The number of ether oxygens (including phenoxy) is 2. The number of carbonyl (C=O) groups excluding carboxylic acids is 1. The van der Waals surface area contributed by atoms with E-state index in [2.05, 4.69) is 22.3 Å². The summed E-state index contributed by atoms with van der Waals surface area (Å²) >= 11 is 0. The van der Waals surface area contributed by atoms with Crippen molar-refractivity contribution in [3.63, 3.8) is 0 Å². The van der Waals surface area contributed by atoms with Gasteiger partial charge in [0.15, 0.2) is 0 Å². The van der Waals surface area contributed by atoms with Crippen LogP contribution >= 0.6 is 0 Å². The summed E-state index contributed by atoms with van der Waals surface area (Å²) in [6, 6.07) is 7.83. The normalized spacial score (nSPS) is 15.4. The van der Waals surface area contributed by atoms with Crippen molar-refractivity contribution in [2.24, 2.45) is 5.16 Å². The van der Waals surface area contributed by atoms with Gasteiger partial charge in [-0.05, 0) is 44.4 Å². The molecule has 1 heterocycles. The molecule has 0 aromatic heterocycles. The predicted octanol–water partition coefficient (Wildman–Crippen LogP) is 2.99. The van der Waals surface area contributed by atoms with E-state index < -0.39 is 6.10 Å². The summed E-state index contributed by atoms with van der Waals surface area (Å²) in [4.78, 5) is 20.3. The highest BCUT2D eigenvalue weighted by Crippen LogP contribution is 2.14. The van der Waals surface area contributed by atoms with Crippen LogP contribution < -0.4 is 10.1 Å². The van der Waals surface area contributed by atoms with Crippen molar-refractivity contribution in [2.75, 3.05) is 39.5 Å². The topological polar surface area (TPSA) is 72.4 Å². The molecule has 1 N–H and O–H groups in total. The summed E-state index contributed by atoms with van der Waals surface area (Å²) < 4.78 is 11.2. The fraction of sp³-hybridized carbons (Fsp3) is 0.636. The van der Waals surface area contributed by atoms with Crippen LogP contribution in [0.25, 0.3) is 0 Å². The lowest BCUT2D eigenvalue weighted by Crippen LogP contribution is -2.38. The molecule has 1 saturated heterocycles. The molecule has 1 aromatic rings. The van der Waals surface area contributed by atoms with E-state index in [9.17, 15) is 4.79 Å². The number of morpholine rings is 1. The number of nitrogens with one attached hydrogen (secondary N) is 1. The monoisotopic (exact) mass is 405 g/mol. The Kier molecular flexibility index (Phi) is 10.5.